The fourth-order valence-electron chi connectivity index (χ4n) is 1.41. The van der Waals surface area contributed by atoms with Crippen molar-refractivity contribution in [3.8, 4) is 0 Å². The summed E-state index contributed by atoms with van der Waals surface area (Å²) in [6.07, 6.45) is 3.63. The molecule has 0 radical (unpaired) electrons. The van der Waals surface area contributed by atoms with E-state index >= 15 is 0 Å². The summed E-state index contributed by atoms with van der Waals surface area (Å²) >= 11 is 0. The molecule has 1 heterocycles. The van der Waals surface area contributed by atoms with Gasteiger partial charge in [0.15, 0.2) is 0 Å². The highest BCUT2D eigenvalue weighted by molar-refractivity contribution is 5.81. The second-order valence-electron chi connectivity index (χ2n) is 3.87. The van der Waals surface area contributed by atoms with Crippen molar-refractivity contribution in [2.75, 3.05) is 6.54 Å². The Labute approximate surface area is 96.5 Å². The fourth-order valence-corrected chi connectivity index (χ4v) is 1.41. The molecular formula is C12H19N3O. The fraction of sp³-hybridized carbons (Fsp3) is 0.500. The van der Waals surface area contributed by atoms with Gasteiger partial charge in [-0.15, -0.1) is 0 Å². The van der Waals surface area contributed by atoms with Gasteiger partial charge < -0.3 is 10.6 Å². The van der Waals surface area contributed by atoms with Crippen molar-refractivity contribution in [1.29, 1.82) is 0 Å². The Bertz CT molecular complexity index is 352. The Hall–Kier alpha value is -1.42. The van der Waals surface area contributed by atoms with Gasteiger partial charge >= 0.3 is 0 Å². The van der Waals surface area contributed by atoms with Crippen LogP contribution in [0.15, 0.2) is 18.5 Å². The Morgan fingerprint density at radius 1 is 1.50 bits per heavy atom. The monoisotopic (exact) mass is 221 g/mol. The van der Waals surface area contributed by atoms with Gasteiger partial charge in [0.25, 0.3) is 0 Å². The zero-order valence-corrected chi connectivity index (χ0v) is 10.1. The average molecular weight is 221 g/mol. The molecule has 0 aliphatic heterocycles. The molecule has 4 heteroatoms. The van der Waals surface area contributed by atoms with E-state index in [1.807, 2.05) is 33.2 Å². The number of nitrogens with zero attached hydrogens (tertiary/aromatic N) is 1. The lowest BCUT2D eigenvalue weighted by Crippen LogP contribution is -2.41. The molecule has 88 valence electrons. The van der Waals surface area contributed by atoms with Crippen LogP contribution < -0.4 is 10.6 Å². The molecule has 1 atom stereocenters. The third-order valence-corrected chi connectivity index (χ3v) is 2.29. The zero-order valence-electron chi connectivity index (χ0n) is 10.1. The highest BCUT2D eigenvalue weighted by Crippen LogP contribution is 2.00. The van der Waals surface area contributed by atoms with Crippen molar-refractivity contribution in [3.05, 3.63) is 29.6 Å². The number of hydrogen-bond donors (Lipinski definition) is 2. The summed E-state index contributed by atoms with van der Waals surface area (Å²) in [4.78, 5) is 15.5. The lowest BCUT2D eigenvalue weighted by Gasteiger charge is -2.13. The van der Waals surface area contributed by atoms with Crippen molar-refractivity contribution >= 4 is 5.91 Å². The molecule has 0 fully saturated rings. The summed E-state index contributed by atoms with van der Waals surface area (Å²) in [6.45, 7) is 7.09. The molecule has 0 aliphatic carbocycles. The number of amides is 1. The number of carbonyl (C=O) groups is 1. The smallest absolute Gasteiger partial charge is 0.236 e. The summed E-state index contributed by atoms with van der Waals surface area (Å²) in [6, 6.07) is 1.88. The molecule has 0 aliphatic rings. The van der Waals surface area contributed by atoms with E-state index in [-0.39, 0.29) is 11.9 Å². The lowest BCUT2D eigenvalue weighted by atomic mass is 10.2. The van der Waals surface area contributed by atoms with E-state index < -0.39 is 0 Å². The SMILES string of the molecule is CCNC(=O)C(C)NCc1cncc(C)c1. The van der Waals surface area contributed by atoms with Gasteiger partial charge in [0.05, 0.1) is 6.04 Å². The first-order valence-electron chi connectivity index (χ1n) is 5.55. The molecule has 1 rings (SSSR count). The molecule has 4 nitrogen and oxygen atoms in total. The molecule has 0 bridgehead atoms. The minimum Gasteiger partial charge on any atom is -0.355 e. The van der Waals surface area contributed by atoms with Crippen LogP contribution in [-0.2, 0) is 11.3 Å². The predicted molar refractivity (Wildman–Crippen MR) is 64.0 cm³/mol. The number of likely N-dealkylation sites (N-methyl/N-ethyl adjacent to an activating group) is 1. The number of pyridine rings is 1. The van der Waals surface area contributed by atoms with Crippen molar-refractivity contribution in [3.63, 3.8) is 0 Å². The highest BCUT2D eigenvalue weighted by atomic mass is 16.2. The van der Waals surface area contributed by atoms with Gasteiger partial charge in [-0.25, -0.2) is 0 Å². The molecule has 0 saturated heterocycles. The third-order valence-electron chi connectivity index (χ3n) is 2.29. The third kappa shape index (κ3) is 3.98. The van der Waals surface area contributed by atoms with E-state index in [0.717, 1.165) is 11.1 Å². The van der Waals surface area contributed by atoms with E-state index in [1.54, 1.807) is 0 Å². The first-order valence-corrected chi connectivity index (χ1v) is 5.55. The average Bonchev–Trinajstić information content (AvgIpc) is 2.26. The summed E-state index contributed by atoms with van der Waals surface area (Å²) in [7, 11) is 0. The molecule has 1 unspecified atom stereocenters. The van der Waals surface area contributed by atoms with Crippen LogP contribution in [0.4, 0.5) is 0 Å². The number of nitrogens with one attached hydrogen (secondary N) is 2. The number of rotatable bonds is 5. The first-order chi connectivity index (χ1) is 7.63. The topological polar surface area (TPSA) is 54.0 Å². The van der Waals surface area contributed by atoms with E-state index in [1.165, 1.54) is 0 Å². The molecule has 16 heavy (non-hydrogen) atoms. The molecule has 1 aromatic heterocycles. The van der Waals surface area contributed by atoms with Gasteiger partial charge in [-0.2, -0.15) is 0 Å². The molecule has 2 N–H and O–H groups in total. The normalized spacial score (nSPS) is 12.2. The van der Waals surface area contributed by atoms with Gasteiger partial charge in [-0.05, 0) is 31.9 Å². The Morgan fingerprint density at radius 3 is 2.88 bits per heavy atom. The van der Waals surface area contributed by atoms with Gasteiger partial charge in [-0.3, -0.25) is 9.78 Å². The second kappa shape index (κ2) is 6.23. The number of carbonyl (C=O) groups excluding carboxylic acids is 1. The van der Waals surface area contributed by atoms with Crippen LogP contribution in [0.2, 0.25) is 0 Å². The summed E-state index contributed by atoms with van der Waals surface area (Å²) in [5.41, 5.74) is 2.22. The summed E-state index contributed by atoms with van der Waals surface area (Å²) in [5.74, 6) is 0.0307. The maximum Gasteiger partial charge on any atom is 0.236 e. The Balaban J connectivity index is 2.42. The van der Waals surface area contributed by atoms with E-state index in [2.05, 4.69) is 21.7 Å². The van der Waals surface area contributed by atoms with Crippen LogP contribution in [-0.4, -0.2) is 23.5 Å². The Kier molecular flexibility index (Phi) is 4.92. The molecule has 1 amide bonds. The van der Waals surface area contributed by atoms with E-state index in [4.69, 9.17) is 0 Å². The predicted octanol–water partition coefficient (Wildman–Crippen LogP) is 1.00. The molecule has 1 aromatic rings. The van der Waals surface area contributed by atoms with Crippen LogP contribution in [0.5, 0.6) is 0 Å². The highest BCUT2D eigenvalue weighted by Gasteiger charge is 2.10. The van der Waals surface area contributed by atoms with Crippen molar-refractivity contribution in [1.82, 2.24) is 15.6 Å². The van der Waals surface area contributed by atoms with Crippen molar-refractivity contribution in [2.45, 2.75) is 33.4 Å². The van der Waals surface area contributed by atoms with Gasteiger partial charge in [0, 0.05) is 25.5 Å². The Morgan fingerprint density at radius 2 is 2.25 bits per heavy atom. The van der Waals surface area contributed by atoms with Gasteiger partial charge in [0.2, 0.25) is 5.91 Å². The number of aryl methyl sites for hydroxylation is 1. The lowest BCUT2D eigenvalue weighted by molar-refractivity contribution is -0.122. The zero-order chi connectivity index (χ0) is 12.0. The summed E-state index contributed by atoms with van der Waals surface area (Å²) in [5, 5.41) is 5.93. The molecule has 0 spiro atoms. The molecule has 0 saturated carbocycles. The van der Waals surface area contributed by atoms with Crippen molar-refractivity contribution < 1.29 is 4.79 Å². The largest absolute Gasteiger partial charge is 0.355 e. The number of aromatic nitrogens is 1. The van der Waals surface area contributed by atoms with Crippen LogP contribution in [0, 0.1) is 6.92 Å². The van der Waals surface area contributed by atoms with Gasteiger partial charge in [0.1, 0.15) is 0 Å². The van der Waals surface area contributed by atoms with Gasteiger partial charge in [-0.1, -0.05) is 6.07 Å². The first kappa shape index (κ1) is 12.6. The van der Waals surface area contributed by atoms with Crippen LogP contribution in [0.1, 0.15) is 25.0 Å². The number of hydrogen-bond acceptors (Lipinski definition) is 3. The van der Waals surface area contributed by atoms with E-state index in [9.17, 15) is 4.79 Å². The minimum atomic E-state index is -0.180. The van der Waals surface area contributed by atoms with Crippen molar-refractivity contribution in [2.24, 2.45) is 0 Å². The van der Waals surface area contributed by atoms with Crippen LogP contribution in [0.25, 0.3) is 0 Å². The molecular weight excluding hydrogens is 202 g/mol. The maximum absolute atomic E-state index is 11.4. The standard InChI is InChI=1S/C12H19N3O/c1-4-14-12(16)10(3)15-8-11-5-9(2)6-13-7-11/h5-7,10,15H,4,8H2,1-3H3,(H,14,16). The molecule has 0 aromatic carbocycles. The van der Waals surface area contributed by atoms with Crippen LogP contribution >= 0.6 is 0 Å². The quantitative estimate of drug-likeness (QED) is 0.780. The van der Waals surface area contributed by atoms with Crippen LogP contribution in [0.3, 0.4) is 0 Å². The summed E-state index contributed by atoms with van der Waals surface area (Å²) < 4.78 is 0. The van der Waals surface area contributed by atoms with E-state index in [0.29, 0.717) is 13.1 Å². The minimum absolute atomic E-state index is 0.0307. The maximum atomic E-state index is 11.4. The second-order valence-corrected chi connectivity index (χ2v) is 3.87.